The highest BCUT2D eigenvalue weighted by Crippen LogP contribution is 2.40. The van der Waals surface area contributed by atoms with E-state index in [1.165, 1.54) is 12.1 Å². The van der Waals surface area contributed by atoms with Gasteiger partial charge in [-0.05, 0) is 12.1 Å². The number of nitrogens with zero attached hydrogens (tertiary/aromatic N) is 1. The molecule has 0 saturated carbocycles. The third kappa shape index (κ3) is 3.31. The Balaban J connectivity index is 2.41. The number of benzene rings is 1. The molecule has 1 fully saturated rings. The quantitative estimate of drug-likeness (QED) is 0.847. The highest BCUT2D eigenvalue weighted by Gasteiger charge is 2.33. The molecule has 19 heavy (non-hydrogen) atoms. The maximum atomic E-state index is 13.4. The fourth-order valence-corrected chi connectivity index (χ4v) is 3.00. The van der Waals surface area contributed by atoms with Gasteiger partial charge in [0.05, 0.1) is 16.1 Å². The smallest absolute Gasteiger partial charge is 0.258 e. The van der Waals surface area contributed by atoms with Crippen molar-refractivity contribution in [1.82, 2.24) is 10.2 Å². The van der Waals surface area contributed by atoms with Crippen molar-refractivity contribution in [3.8, 4) is 0 Å². The summed E-state index contributed by atoms with van der Waals surface area (Å²) in [6.45, 7) is 2.38. The lowest BCUT2D eigenvalue weighted by atomic mass is 10.0. The van der Waals surface area contributed by atoms with Crippen LogP contribution in [-0.4, -0.2) is 37.5 Å². The lowest BCUT2D eigenvalue weighted by molar-refractivity contribution is 0.0183. The molecule has 1 aliphatic rings. The molecule has 0 radical (unpaired) electrons. The van der Waals surface area contributed by atoms with E-state index in [1.54, 1.807) is 4.90 Å². The standard InChI is InChI=1S/C12H13Cl3F2N2/c13-7-1-2-8(14)10(15)9(7)11(12(16)17)19-5-3-18-4-6-19/h1-2,11-12,18H,3-6H2/t11-/m0/s1. The van der Waals surface area contributed by atoms with Gasteiger partial charge in [-0.3, -0.25) is 4.90 Å². The molecule has 1 heterocycles. The molecular weight excluding hydrogens is 317 g/mol. The molecule has 0 aliphatic carbocycles. The van der Waals surface area contributed by atoms with Gasteiger partial charge in [0.25, 0.3) is 6.43 Å². The molecule has 1 N–H and O–H groups in total. The number of hydrogen-bond donors (Lipinski definition) is 1. The Morgan fingerprint density at radius 2 is 1.63 bits per heavy atom. The van der Waals surface area contributed by atoms with Gasteiger partial charge in [-0.25, -0.2) is 8.78 Å². The maximum absolute atomic E-state index is 13.4. The highest BCUT2D eigenvalue weighted by atomic mass is 35.5. The van der Waals surface area contributed by atoms with Crippen molar-refractivity contribution in [2.24, 2.45) is 0 Å². The van der Waals surface area contributed by atoms with Gasteiger partial charge in [0.1, 0.15) is 0 Å². The normalized spacial score (nSPS) is 18.8. The molecule has 1 aliphatic heterocycles. The average molecular weight is 330 g/mol. The third-order valence-electron chi connectivity index (χ3n) is 3.16. The van der Waals surface area contributed by atoms with Gasteiger partial charge in [0.2, 0.25) is 0 Å². The second-order valence-corrected chi connectivity index (χ2v) is 5.51. The van der Waals surface area contributed by atoms with E-state index in [4.69, 9.17) is 34.8 Å². The second-order valence-electron chi connectivity index (χ2n) is 4.32. The Kier molecular flexibility index (Phi) is 5.26. The first-order valence-electron chi connectivity index (χ1n) is 5.88. The molecule has 1 saturated heterocycles. The van der Waals surface area contributed by atoms with Crippen LogP contribution >= 0.6 is 34.8 Å². The Morgan fingerprint density at radius 1 is 1.05 bits per heavy atom. The van der Waals surface area contributed by atoms with Crippen LogP contribution in [0.2, 0.25) is 15.1 Å². The summed E-state index contributed by atoms with van der Waals surface area (Å²) < 4.78 is 26.9. The highest BCUT2D eigenvalue weighted by molar-refractivity contribution is 6.44. The summed E-state index contributed by atoms with van der Waals surface area (Å²) in [5, 5.41) is 3.69. The number of hydrogen-bond acceptors (Lipinski definition) is 2. The van der Waals surface area contributed by atoms with Crippen molar-refractivity contribution in [3.63, 3.8) is 0 Å². The minimum absolute atomic E-state index is 0.109. The monoisotopic (exact) mass is 328 g/mol. The first-order valence-corrected chi connectivity index (χ1v) is 7.02. The zero-order chi connectivity index (χ0) is 14.0. The fourth-order valence-electron chi connectivity index (χ4n) is 2.24. The van der Waals surface area contributed by atoms with Crippen molar-refractivity contribution in [2.45, 2.75) is 12.5 Å². The van der Waals surface area contributed by atoms with Crippen LogP contribution in [-0.2, 0) is 0 Å². The van der Waals surface area contributed by atoms with E-state index in [9.17, 15) is 8.78 Å². The lowest BCUT2D eigenvalue weighted by Crippen LogP contribution is -2.47. The van der Waals surface area contributed by atoms with E-state index in [2.05, 4.69) is 5.32 Å². The average Bonchev–Trinajstić information content (AvgIpc) is 2.39. The van der Waals surface area contributed by atoms with E-state index < -0.39 is 12.5 Å². The minimum Gasteiger partial charge on any atom is -0.314 e. The predicted octanol–water partition coefficient (Wildman–Crippen LogP) is 3.86. The summed E-state index contributed by atoms with van der Waals surface area (Å²) in [6.07, 6.45) is -2.58. The summed E-state index contributed by atoms with van der Waals surface area (Å²) >= 11 is 18.0. The van der Waals surface area contributed by atoms with Crippen LogP contribution in [0, 0.1) is 0 Å². The van der Waals surface area contributed by atoms with Gasteiger partial charge < -0.3 is 5.32 Å². The van der Waals surface area contributed by atoms with Gasteiger partial charge >= 0.3 is 0 Å². The van der Waals surface area contributed by atoms with E-state index >= 15 is 0 Å². The van der Waals surface area contributed by atoms with E-state index in [0.29, 0.717) is 26.2 Å². The molecule has 1 aromatic rings. The van der Waals surface area contributed by atoms with Gasteiger partial charge in [0, 0.05) is 36.8 Å². The predicted molar refractivity (Wildman–Crippen MR) is 74.7 cm³/mol. The van der Waals surface area contributed by atoms with E-state index in [-0.39, 0.29) is 20.6 Å². The Morgan fingerprint density at radius 3 is 2.21 bits per heavy atom. The third-order valence-corrected chi connectivity index (χ3v) is 4.31. The van der Waals surface area contributed by atoms with Gasteiger partial charge in [-0.2, -0.15) is 0 Å². The zero-order valence-electron chi connectivity index (χ0n) is 9.97. The number of alkyl halides is 2. The topological polar surface area (TPSA) is 15.3 Å². The van der Waals surface area contributed by atoms with Crippen LogP contribution < -0.4 is 5.32 Å². The van der Waals surface area contributed by atoms with Crippen molar-refractivity contribution >= 4 is 34.8 Å². The minimum atomic E-state index is -2.58. The molecule has 2 nitrogen and oxygen atoms in total. The summed E-state index contributed by atoms with van der Waals surface area (Å²) in [5.74, 6) is 0. The largest absolute Gasteiger partial charge is 0.314 e. The molecule has 2 rings (SSSR count). The Hall–Kier alpha value is -0.130. The number of halogens is 5. The van der Waals surface area contributed by atoms with Crippen LogP contribution in [0.5, 0.6) is 0 Å². The molecule has 0 bridgehead atoms. The van der Waals surface area contributed by atoms with Crippen LogP contribution in [0.1, 0.15) is 11.6 Å². The molecule has 0 spiro atoms. The fraction of sp³-hybridized carbons (Fsp3) is 0.500. The van der Waals surface area contributed by atoms with Crippen molar-refractivity contribution < 1.29 is 8.78 Å². The molecule has 7 heteroatoms. The summed E-state index contributed by atoms with van der Waals surface area (Å²) in [7, 11) is 0. The second kappa shape index (κ2) is 6.55. The molecule has 1 aromatic carbocycles. The Labute approximate surface area is 125 Å². The number of piperazine rings is 1. The van der Waals surface area contributed by atoms with Gasteiger partial charge in [0.15, 0.2) is 0 Å². The first-order chi connectivity index (χ1) is 9.02. The summed E-state index contributed by atoms with van der Waals surface area (Å²) in [5.41, 5.74) is 0.215. The van der Waals surface area contributed by atoms with Crippen molar-refractivity contribution in [3.05, 3.63) is 32.8 Å². The molecule has 106 valence electrons. The number of rotatable bonds is 3. The summed E-state index contributed by atoms with van der Waals surface area (Å²) in [4.78, 5) is 1.69. The van der Waals surface area contributed by atoms with Crippen molar-refractivity contribution in [1.29, 1.82) is 0 Å². The van der Waals surface area contributed by atoms with Gasteiger partial charge in [-0.1, -0.05) is 34.8 Å². The van der Waals surface area contributed by atoms with Crippen LogP contribution in [0.25, 0.3) is 0 Å². The molecule has 0 unspecified atom stereocenters. The molecule has 1 atom stereocenters. The lowest BCUT2D eigenvalue weighted by Gasteiger charge is -2.35. The molecular formula is C12H13Cl3F2N2. The molecule has 0 amide bonds. The number of nitrogens with one attached hydrogen (secondary N) is 1. The summed E-state index contributed by atoms with van der Waals surface area (Å²) in [6, 6.07) is 1.89. The Bertz CT molecular complexity index is 451. The van der Waals surface area contributed by atoms with Gasteiger partial charge in [-0.15, -0.1) is 0 Å². The van der Waals surface area contributed by atoms with Crippen LogP contribution in [0.3, 0.4) is 0 Å². The van der Waals surface area contributed by atoms with Crippen LogP contribution in [0.15, 0.2) is 12.1 Å². The van der Waals surface area contributed by atoms with Crippen LogP contribution in [0.4, 0.5) is 8.78 Å². The first kappa shape index (κ1) is 15.3. The SMILES string of the molecule is FC(F)[C@H](c1c(Cl)ccc(Cl)c1Cl)N1CCNCC1. The van der Waals surface area contributed by atoms with Crippen molar-refractivity contribution in [2.75, 3.05) is 26.2 Å². The van der Waals surface area contributed by atoms with E-state index in [1.807, 2.05) is 0 Å². The molecule has 0 aromatic heterocycles. The maximum Gasteiger partial charge on any atom is 0.258 e. The van der Waals surface area contributed by atoms with E-state index in [0.717, 1.165) is 0 Å². The zero-order valence-corrected chi connectivity index (χ0v) is 12.2.